The van der Waals surface area contributed by atoms with E-state index in [4.69, 9.17) is 35.5 Å². The number of hydrogen-bond acceptors (Lipinski definition) is 8. The predicted octanol–water partition coefficient (Wildman–Crippen LogP) is 3.71. The van der Waals surface area contributed by atoms with Crippen molar-refractivity contribution < 1.29 is 23.7 Å². The molecule has 0 saturated carbocycles. The zero-order valence-electron chi connectivity index (χ0n) is 18.6. The van der Waals surface area contributed by atoms with Gasteiger partial charge in [-0.05, 0) is 36.4 Å². The maximum absolute atomic E-state index is 13.3. The number of amides is 1. The maximum Gasteiger partial charge on any atom is 0.266 e. The Balaban J connectivity index is 1.54. The van der Waals surface area contributed by atoms with E-state index in [1.54, 1.807) is 55.5 Å². The molecule has 33 heavy (non-hydrogen) atoms. The molecule has 176 valence electrons. The van der Waals surface area contributed by atoms with E-state index >= 15 is 0 Å². The molecule has 1 saturated heterocycles. The van der Waals surface area contributed by atoms with Crippen LogP contribution in [0.3, 0.4) is 0 Å². The lowest BCUT2D eigenvalue weighted by Crippen LogP contribution is -2.44. The molecular weight excluding hydrogens is 466 g/mol. The van der Waals surface area contributed by atoms with E-state index in [2.05, 4.69) is 4.90 Å². The molecule has 1 aliphatic heterocycles. The molecule has 0 radical (unpaired) electrons. The van der Waals surface area contributed by atoms with Crippen LogP contribution in [0, 0.1) is 0 Å². The topological polar surface area (TPSA) is 73.4 Å². The summed E-state index contributed by atoms with van der Waals surface area (Å²) >= 11 is 7.77. The van der Waals surface area contributed by atoms with E-state index in [0.717, 1.165) is 23.5 Å². The van der Waals surface area contributed by atoms with Gasteiger partial charge in [-0.15, -0.1) is 0 Å². The normalized spacial score (nSPS) is 14.3. The summed E-state index contributed by atoms with van der Waals surface area (Å²) < 4.78 is 22.6. The van der Waals surface area contributed by atoms with Gasteiger partial charge in [-0.2, -0.15) is 0 Å². The lowest BCUT2D eigenvalue weighted by molar-refractivity contribution is -0.120. The summed E-state index contributed by atoms with van der Waals surface area (Å²) in [5.74, 6) is 1.74. The standard InChI is InChI=1S/C23H26ClN3O5S/c1-29-16-3-5-17(6-4-16)32-15-20(28)27(10-9-26-11-13-31-14-12-26)23-25-21-19(30-2)8-7-18(24)22(21)33-23/h3-8H,9-15H2,1-2H3. The van der Waals surface area contributed by atoms with Gasteiger partial charge in [-0.25, -0.2) is 4.98 Å². The number of carbonyl (C=O) groups excluding carboxylic acids is 1. The van der Waals surface area contributed by atoms with Crippen molar-refractivity contribution in [1.29, 1.82) is 0 Å². The fraction of sp³-hybridized carbons (Fsp3) is 0.391. The number of anilines is 1. The third-order valence-electron chi connectivity index (χ3n) is 5.36. The minimum atomic E-state index is -0.187. The van der Waals surface area contributed by atoms with Crippen LogP contribution in [-0.2, 0) is 9.53 Å². The molecule has 0 aliphatic carbocycles. The average molecular weight is 492 g/mol. The van der Waals surface area contributed by atoms with Crippen molar-refractivity contribution in [3.05, 3.63) is 41.4 Å². The first-order valence-electron chi connectivity index (χ1n) is 10.6. The third kappa shape index (κ3) is 5.67. The zero-order chi connectivity index (χ0) is 23.2. The summed E-state index contributed by atoms with van der Waals surface area (Å²) in [7, 11) is 3.19. The van der Waals surface area contributed by atoms with Gasteiger partial charge in [0.05, 0.1) is 37.2 Å². The number of hydrogen-bond donors (Lipinski definition) is 0. The van der Waals surface area contributed by atoms with Crippen molar-refractivity contribution in [3.63, 3.8) is 0 Å². The number of halogens is 1. The highest BCUT2D eigenvalue weighted by Gasteiger charge is 2.24. The number of morpholine rings is 1. The van der Waals surface area contributed by atoms with E-state index in [1.807, 2.05) is 0 Å². The highest BCUT2D eigenvalue weighted by Crippen LogP contribution is 2.38. The van der Waals surface area contributed by atoms with E-state index < -0.39 is 0 Å². The molecule has 0 bridgehead atoms. The van der Waals surface area contributed by atoms with Crippen molar-refractivity contribution in [3.8, 4) is 17.2 Å². The van der Waals surface area contributed by atoms with Gasteiger partial charge >= 0.3 is 0 Å². The van der Waals surface area contributed by atoms with Crippen LogP contribution in [0.5, 0.6) is 17.2 Å². The SMILES string of the molecule is COc1ccc(OCC(=O)N(CCN2CCOCC2)c2nc3c(OC)ccc(Cl)c3s2)cc1. The van der Waals surface area contributed by atoms with Crippen LogP contribution in [0.4, 0.5) is 5.13 Å². The summed E-state index contributed by atoms with van der Waals surface area (Å²) in [6, 6.07) is 10.7. The molecule has 1 aliphatic rings. The lowest BCUT2D eigenvalue weighted by Gasteiger charge is -2.29. The average Bonchev–Trinajstić information content (AvgIpc) is 3.30. The largest absolute Gasteiger partial charge is 0.497 e. The Bertz CT molecular complexity index is 1090. The van der Waals surface area contributed by atoms with Gasteiger partial charge in [-0.1, -0.05) is 22.9 Å². The Kier molecular flexibility index (Phi) is 7.87. The fourth-order valence-electron chi connectivity index (χ4n) is 3.51. The third-order valence-corrected chi connectivity index (χ3v) is 6.90. The zero-order valence-corrected chi connectivity index (χ0v) is 20.2. The molecule has 4 rings (SSSR count). The van der Waals surface area contributed by atoms with E-state index in [-0.39, 0.29) is 12.5 Å². The molecule has 8 nitrogen and oxygen atoms in total. The number of benzene rings is 2. The number of rotatable bonds is 9. The van der Waals surface area contributed by atoms with Crippen molar-refractivity contribution >= 4 is 44.2 Å². The summed E-state index contributed by atoms with van der Waals surface area (Å²) in [4.78, 5) is 21.9. The van der Waals surface area contributed by atoms with Crippen LogP contribution in [0.25, 0.3) is 10.2 Å². The molecule has 0 atom stereocenters. The first-order chi connectivity index (χ1) is 16.1. The van der Waals surface area contributed by atoms with Crippen molar-refractivity contribution in [1.82, 2.24) is 9.88 Å². The van der Waals surface area contributed by atoms with E-state index in [9.17, 15) is 4.79 Å². The molecule has 0 N–H and O–H groups in total. The molecule has 2 aromatic carbocycles. The minimum Gasteiger partial charge on any atom is -0.497 e. The molecule has 10 heteroatoms. The molecule has 2 heterocycles. The second-order valence-electron chi connectivity index (χ2n) is 7.39. The van der Waals surface area contributed by atoms with Crippen LogP contribution in [0.15, 0.2) is 36.4 Å². The van der Waals surface area contributed by atoms with Gasteiger partial charge in [0.15, 0.2) is 11.7 Å². The maximum atomic E-state index is 13.3. The van der Waals surface area contributed by atoms with Crippen LogP contribution < -0.4 is 19.1 Å². The Morgan fingerprint density at radius 1 is 1.12 bits per heavy atom. The lowest BCUT2D eigenvalue weighted by atomic mass is 10.3. The summed E-state index contributed by atoms with van der Waals surface area (Å²) in [6.45, 7) is 4.14. The van der Waals surface area contributed by atoms with Crippen molar-refractivity contribution in [2.24, 2.45) is 0 Å². The van der Waals surface area contributed by atoms with Gasteiger partial charge < -0.3 is 18.9 Å². The van der Waals surface area contributed by atoms with Gasteiger partial charge in [0.2, 0.25) is 0 Å². The molecule has 3 aromatic rings. The second-order valence-corrected chi connectivity index (χ2v) is 8.77. The van der Waals surface area contributed by atoms with Gasteiger partial charge in [-0.3, -0.25) is 14.6 Å². The van der Waals surface area contributed by atoms with E-state index in [0.29, 0.717) is 53.5 Å². The number of methoxy groups -OCH3 is 2. The predicted molar refractivity (Wildman–Crippen MR) is 129 cm³/mol. The number of ether oxygens (including phenoxy) is 4. The Hall–Kier alpha value is -2.59. The van der Waals surface area contributed by atoms with Crippen molar-refractivity contribution in [2.45, 2.75) is 0 Å². The first-order valence-corrected chi connectivity index (χ1v) is 11.8. The Morgan fingerprint density at radius 2 is 1.85 bits per heavy atom. The Labute approximate surface area is 201 Å². The number of aromatic nitrogens is 1. The molecule has 1 amide bonds. The highest BCUT2D eigenvalue weighted by atomic mass is 35.5. The van der Waals surface area contributed by atoms with Crippen LogP contribution in [-0.4, -0.2) is 76.0 Å². The van der Waals surface area contributed by atoms with Gasteiger partial charge in [0.25, 0.3) is 5.91 Å². The van der Waals surface area contributed by atoms with E-state index in [1.165, 1.54) is 11.3 Å². The number of thiazole rings is 1. The molecule has 0 spiro atoms. The van der Waals surface area contributed by atoms with Crippen LogP contribution in [0.1, 0.15) is 0 Å². The fourth-order valence-corrected chi connectivity index (χ4v) is 4.81. The minimum absolute atomic E-state index is 0.115. The molecular formula is C23H26ClN3O5S. The molecule has 0 unspecified atom stereocenters. The number of nitrogens with zero attached hydrogens (tertiary/aromatic N) is 3. The number of carbonyl (C=O) groups is 1. The number of fused-ring (bicyclic) bond motifs is 1. The summed E-state index contributed by atoms with van der Waals surface area (Å²) in [5, 5.41) is 1.14. The van der Waals surface area contributed by atoms with Crippen LogP contribution in [0.2, 0.25) is 5.02 Å². The van der Waals surface area contributed by atoms with Gasteiger partial charge in [0.1, 0.15) is 22.8 Å². The second kappa shape index (κ2) is 11.0. The summed E-state index contributed by atoms with van der Waals surface area (Å²) in [5.41, 5.74) is 0.644. The van der Waals surface area contributed by atoms with Crippen LogP contribution >= 0.6 is 22.9 Å². The first kappa shape index (κ1) is 23.6. The van der Waals surface area contributed by atoms with Gasteiger partial charge in [0, 0.05) is 26.2 Å². The Morgan fingerprint density at radius 3 is 2.55 bits per heavy atom. The quantitative estimate of drug-likeness (QED) is 0.451. The summed E-state index contributed by atoms with van der Waals surface area (Å²) in [6.07, 6.45) is 0. The monoisotopic (exact) mass is 491 g/mol. The highest BCUT2D eigenvalue weighted by molar-refractivity contribution is 7.23. The van der Waals surface area contributed by atoms with Crippen molar-refractivity contribution in [2.75, 3.05) is 65.1 Å². The molecule has 1 fully saturated rings. The smallest absolute Gasteiger partial charge is 0.266 e. The molecule has 1 aromatic heterocycles.